The molecule has 0 aliphatic carbocycles. The zero-order valence-electron chi connectivity index (χ0n) is 10.5. The fraction of sp³-hybridized carbons (Fsp3) is 0.700. The molecule has 0 aromatic rings. The number of amides is 1. The van der Waals surface area contributed by atoms with Crippen LogP contribution < -0.4 is 16.8 Å². The maximum absolute atomic E-state index is 11.4. The third-order valence-electron chi connectivity index (χ3n) is 2.94. The number of carbonyl (C=O) groups is 1. The lowest BCUT2D eigenvalue weighted by molar-refractivity contribution is -0.117. The van der Waals surface area contributed by atoms with Crippen molar-refractivity contribution >= 4 is 17.7 Å². The highest BCUT2D eigenvalue weighted by molar-refractivity contribution is 8.00. The van der Waals surface area contributed by atoms with E-state index in [2.05, 4.69) is 5.32 Å². The zero-order chi connectivity index (χ0) is 13.9. The molecule has 1 heterocycles. The summed E-state index contributed by atoms with van der Waals surface area (Å²) < 4.78 is 0. The Labute approximate surface area is 110 Å². The number of likely N-dealkylation sites (N-methyl/N-ethyl adjacent to an activating group) is 1. The summed E-state index contributed by atoms with van der Waals surface area (Å²) in [6.07, 6.45) is -0.116. The Hall–Kier alpha value is -1.12. The Morgan fingerprint density at radius 2 is 2.17 bits per heavy atom. The molecule has 7 N–H and O–H groups in total. The van der Waals surface area contributed by atoms with E-state index in [1.165, 1.54) is 18.8 Å². The molecule has 3 atom stereocenters. The molecule has 1 rings (SSSR count). The van der Waals surface area contributed by atoms with Crippen LogP contribution in [0.5, 0.6) is 0 Å². The Kier molecular flexibility index (Phi) is 5.12. The van der Waals surface area contributed by atoms with Crippen LogP contribution in [-0.4, -0.2) is 58.5 Å². The molecule has 0 aromatic carbocycles. The van der Waals surface area contributed by atoms with E-state index in [0.717, 1.165) is 0 Å². The standard InChI is InChI=1S/C10H20N4O3S/c1-13-10(17)8(11)9(12)14(2)7-3-5(16)6(4-15)18-7/h5-7,15-16H,3-4,11-12H2,1-2H3,(H,13,17)/b9-8-. The van der Waals surface area contributed by atoms with Crippen molar-refractivity contribution < 1.29 is 15.0 Å². The van der Waals surface area contributed by atoms with E-state index in [-0.39, 0.29) is 28.7 Å². The number of nitrogens with one attached hydrogen (secondary N) is 1. The van der Waals surface area contributed by atoms with Crippen LogP contribution in [0.2, 0.25) is 0 Å². The zero-order valence-corrected chi connectivity index (χ0v) is 11.3. The summed E-state index contributed by atoms with van der Waals surface area (Å²) in [6, 6.07) is 0. The van der Waals surface area contributed by atoms with E-state index in [9.17, 15) is 9.90 Å². The highest BCUT2D eigenvalue weighted by atomic mass is 32.2. The van der Waals surface area contributed by atoms with Crippen molar-refractivity contribution in [1.82, 2.24) is 10.2 Å². The second-order valence-corrected chi connectivity index (χ2v) is 5.53. The first kappa shape index (κ1) is 14.9. The summed E-state index contributed by atoms with van der Waals surface area (Å²) in [6.45, 7) is -0.0925. The topological polar surface area (TPSA) is 125 Å². The van der Waals surface area contributed by atoms with E-state index in [1.54, 1.807) is 11.9 Å². The van der Waals surface area contributed by atoms with Crippen LogP contribution in [0.3, 0.4) is 0 Å². The quantitative estimate of drug-likeness (QED) is 0.374. The van der Waals surface area contributed by atoms with E-state index in [4.69, 9.17) is 16.6 Å². The Balaban J connectivity index is 2.77. The van der Waals surface area contributed by atoms with Crippen LogP contribution >= 0.6 is 11.8 Å². The molecule has 1 fully saturated rings. The lowest BCUT2D eigenvalue weighted by atomic mass is 10.2. The molecule has 3 unspecified atom stereocenters. The maximum atomic E-state index is 11.4. The second-order valence-electron chi connectivity index (χ2n) is 4.10. The summed E-state index contributed by atoms with van der Waals surface area (Å²) in [7, 11) is 3.17. The molecule has 18 heavy (non-hydrogen) atoms. The number of nitrogens with zero attached hydrogens (tertiary/aromatic N) is 1. The third kappa shape index (κ3) is 3.01. The van der Waals surface area contributed by atoms with Crippen molar-refractivity contribution in [3.8, 4) is 0 Å². The number of aliphatic hydroxyl groups excluding tert-OH is 2. The predicted octanol–water partition coefficient (Wildman–Crippen LogP) is -2.06. The molecule has 0 radical (unpaired) electrons. The molecule has 1 aliphatic rings. The van der Waals surface area contributed by atoms with Gasteiger partial charge in [-0.1, -0.05) is 0 Å². The first-order chi connectivity index (χ1) is 8.42. The van der Waals surface area contributed by atoms with Crippen LogP contribution in [0.25, 0.3) is 0 Å². The van der Waals surface area contributed by atoms with Crippen LogP contribution in [0.1, 0.15) is 6.42 Å². The number of hydrogen-bond acceptors (Lipinski definition) is 7. The molecule has 0 spiro atoms. The SMILES string of the molecule is CNC(=O)/C(N)=C(\N)N(C)C1CC(O)C(CO)S1. The van der Waals surface area contributed by atoms with Gasteiger partial charge in [0.1, 0.15) is 11.5 Å². The minimum absolute atomic E-state index is 0.0532. The summed E-state index contributed by atoms with van der Waals surface area (Å²) in [4.78, 5) is 13.0. The van der Waals surface area contributed by atoms with Crippen LogP contribution in [0.4, 0.5) is 0 Å². The average Bonchev–Trinajstić information content (AvgIpc) is 2.76. The number of hydrogen-bond donors (Lipinski definition) is 5. The Morgan fingerprint density at radius 1 is 1.56 bits per heavy atom. The summed E-state index contributed by atoms with van der Waals surface area (Å²) >= 11 is 1.42. The number of rotatable bonds is 4. The molecule has 7 nitrogen and oxygen atoms in total. The molecule has 104 valence electrons. The van der Waals surface area contributed by atoms with Crippen molar-refractivity contribution in [1.29, 1.82) is 0 Å². The number of thioether (sulfide) groups is 1. The van der Waals surface area contributed by atoms with Crippen molar-refractivity contribution in [2.75, 3.05) is 20.7 Å². The molecule has 0 saturated carbocycles. The van der Waals surface area contributed by atoms with Crippen LogP contribution in [0.15, 0.2) is 11.5 Å². The van der Waals surface area contributed by atoms with E-state index >= 15 is 0 Å². The normalized spacial score (nSPS) is 28.8. The minimum Gasteiger partial charge on any atom is -0.395 e. The first-order valence-electron chi connectivity index (χ1n) is 5.56. The molecule has 1 aliphatic heterocycles. The lowest BCUT2D eigenvalue weighted by Gasteiger charge is -2.26. The van der Waals surface area contributed by atoms with Gasteiger partial charge in [0.05, 0.1) is 23.3 Å². The predicted molar refractivity (Wildman–Crippen MR) is 70.1 cm³/mol. The fourth-order valence-electron chi connectivity index (χ4n) is 1.72. The number of aliphatic hydroxyl groups is 2. The van der Waals surface area contributed by atoms with Crippen LogP contribution in [0, 0.1) is 0 Å². The minimum atomic E-state index is -0.582. The van der Waals surface area contributed by atoms with Gasteiger partial charge in [-0.05, 0) is 0 Å². The van der Waals surface area contributed by atoms with E-state index in [0.29, 0.717) is 6.42 Å². The van der Waals surface area contributed by atoms with Gasteiger partial charge in [-0.2, -0.15) is 0 Å². The van der Waals surface area contributed by atoms with Gasteiger partial charge in [-0.3, -0.25) is 4.79 Å². The molecule has 1 amide bonds. The lowest BCUT2D eigenvalue weighted by Crippen LogP contribution is -2.37. The molecule has 8 heteroatoms. The molecular formula is C10H20N4O3S. The van der Waals surface area contributed by atoms with Gasteiger partial charge in [0, 0.05) is 20.5 Å². The molecule has 0 bridgehead atoms. The Morgan fingerprint density at radius 3 is 2.61 bits per heavy atom. The van der Waals surface area contributed by atoms with Gasteiger partial charge in [-0.25, -0.2) is 0 Å². The largest absolute Gasteiger partial charge is 0.395 e. The second kappa shape index (κ2) is 6.17. The van der Waals surface area contributed by atoms with Gasteiger partial charge in [0.2, 0.25) is 0 Å². The third-order valence-corrected chi connectivity index (χ3v) is 4.58. The molecule has 0 aromatic heterocycles. The average molecular weight is 276 g/mol. The number of carbonyl (C=O) groups excluding carboxylic acids is 1. The van der Waals surface area contributed by atoms with Crippen molar-refractivity contribution in [3.05, 3.63) is 11.5 Å². The van der Waals surface area contributed by atoms with Crippen LogP contribution in [-0.2, 0) is 4.79 Å². The summed E-state index contributed by atoms with van der Waals surface area (Å²) in [5.41, 5.74) is 11.4. The maximum Gasteiger partial charge on any atom is 0.270 e. The van der Waals surface area contributed by atoms with E-state index in [1.807, 2.05) is 0 Å². The Bertz CT molecular complexity index is 350. The van der Waals surface area contributed by atoms with Gasteiger partial charge >= 0.3 is 0 Å². The van der Waals surface area contributed by atoms with Gasteiger partial charge in [0.15, 0.2) is 0 Å². The fourth-order valence-corrected chi connectivity index (χ4v) is 3.10. The first-order valence-corrected chi connectivity index (χ1v) is 6.51. The molecule has 1 saturated heterocycles. The summed E-state index contributed by atoms with van der Waals surface area (Å²) in [5, 5.41) is 20.8. The van der Waals surface area contributed by atoms with Crippen molar-refractivity contribution in [2.45, 2.75) is 23.1 Å². The summed E-state index contributed by atoms with van der Waals surface area (Å²) in [5.74, 6) is -0.278. The monoisotopic (exact) mass is 276 g/mol. The molecular weight excluding hydrogens is 256 g/mol. The smallest absolute Gasteiger partial charge is 0.270 e. The highest BCUT2D eigenvalue weighted by Gasteiger charge is 2.36. The highest BCUT2D eigenvalue weighted by Crippen LogP contribution is 2.36. The van der Waals surface area contributed by atoms with Crippen molar-refractivity contribution in [3.63, 3.8) is 0 Å². The van der Waals surface area contributed by atoms with Gasteiger partial charge in [-0.15, -0.1) is 11.8 Å². The van der Waals surface area contributed by atoms with E-state index < -0.39 is 12.0 Å². The van der Waals surface area contributed by atoms with Gasteiger partial charge in [0.25, 0.3) is 5.91 Å². The van der Waals surface area contributed by atoms with Gasteiger partial charge < -0.3 is 31.9 Å². The number of nitrogens with two attached hydrogens (primary N) is 2. The van der Waals surface area contributed by atoms with Crippen molar-refractivity contribution in [2.24, 2.45) is 11.5 Å².